The first-order chi connectivity index (χ1) is 8.61. The third-order valence-corrected chi connectivity index (χ3v) is 3.59. The van der Waals surface area contributed by atoms with Crippen LogP contribution in [0.15, 0.2) is 12.3 Å². The lowest BCUT2D eigenvalue weighted by Gasteiger charge is -2.26. The van der Waals surface area contributed by atoms with Crippen LogP contribution in [0.2, 0.25) is 0 Å². The van der Waals surface area contributed by atoms with E-state index in [-0.39, 0.29) is 0 Å². The van der Waals surface area contributed by atoms with Crippen molar-refractivity contribution in [1.29, 1.82) is 0 Å². The second kappa shape index (κ2) is 5.70. The summed E-state index contributed by atoms with van der Waals surface area (Å²) in [4.78, 5) is 7.00. The van der Waals surface area contributed by atoms with Crippen LogP contribution in [0.5, 0.6) is 5.88 Å². The van der Waals surface area contributed by atoms with Gasteiger partial charge in [0.15, 0.2) is 0 Å². The number of likely N-dealkylation sites (tertiary alicyclic amines) is 1. The molecule has 0 saturated carbocycles. The minimum atomic E-state index is 0.546. The maximum absolute atomic E-state index is 5.23. The minimum absolute atomic E-state index is 0.546. The van der Waals surface area contributed by atoms with Gasteiger partial charge in [0.05, 0.1) is 7.11 Å². The van der Waals surface area contributed by atoms with Crippen molar-refractivity contribution in [1.82, 2.24) is 9.88 Å². The Morgan fingerprint density at radius 3 is 2.89 bits per heavy atom. The zero-order valence-electron chi connectivity index (χ0n) is 11.9. The molecule has 18 heavy (non-hydrogen) atoms. The van der Waals surface area contributed by atoms with Crippen molar-refractivity contribution in [3.05, 3.63) is 23.4 Å². The summed E-state index contributed by atoms with van der Waals surface area (Å²) < 4.78 is 5.23. The van der Waals surface area contributed by atoms with Gasteiger partial charge in [0, 0.05) is 24.3 Å². The molecule has 1 saturated heterocycles. The number of aryl methyl sites for hydroxylation is 1. The predicted octanol–water partition coefficient (Wildman–Crippen LogP) is 3.19. The second-order valence-electron chi connectivity index (χ2n) is 5.64. The van der Waals surface area contributed by atoms with Crippen molar-refractivity contribution in [3.8, 4) is 5.88 Å². The van der Waals surface area contributed by atoms with Gasteiger partial charge < -0.3 is 4.74 Å². The van der Waals surface area contributed by atoms with E-state index in [4.69, 9.17) is 4.74 Å². The molecule has 1 aliphatic rings. The SMILES string of the molecule is COc1ncc(C2CCCN2CC(C)C)cc1C. The van der Waals surface area contributed by atoms with Gasteiger partial charge in [0.1, 0.15) is 0 Å². The molecule has 2 heterocycles. The molecule has 0 bridgehead atoms. The van der Waals surface area contributed by atoms with Crippen LogP contribution >= 0.6 is 0 Å². The van der Waals surface area contributed by atoms with Gasteiger partial charge >= 0.3 is 0 Å². The Morgan fingerprint density at radius 2 is 2.28 bits per heavy atom. The fourth-order valence-corrected chi connectivity index (χ4v) is 2.87. The van der Waals surface area contributed by atoms with Crippen molar-refractivity contribution >= 4 is 0 Å². The number of ether oxygens (including phenoxy) is 1. The molecular weight excluding hydrogens is 224 g/mol. The number of aromatic nitrogens is 1. The number of rotatable bonds is 4. The van der Waals surface area contributed by atoms with Crippen LogP contribution in [0, 0.1) is 12.8 Å². The summed E-state index contributed by atoms with van der Waals surface area (Å²) in [6.07, 6.45) is 4.53. The van der Waals surface area contributed by atoms with Gasteiger partial charge in [0.2, 0.25) is 5.88 Å². The maximum atomic E-state index is 5.23. The normalized spacial score (nSPS) is 20.6. The van der Waals surface area contributed by atoms with E-state index >= 15 is 0 Å². The Kier molecular flexibility index (Phi) is 4.23. The molecule has 1 fully saturated rings. The molecule has 0 aromatic carbocycles. The van der Waals surface area contributed by atoms with Gasteiger partial charge in [0.25, 0.3) is 0 Å². The highest BCUT2D eigenvalue weighted by atomic mass is 16.5. The first-order valence-corrected chi connectivity index (χ1v) is 6.86. The Labute approximate surface area is 110 Å². The Morgan fingerprint density at radius 1 is 1.50 bits per heavy atom. The summed E-state index contributed by atoms with van der Waals surface area (Å²) in [5, 5.41) is 0. The zero-order valence-corrected chi connectivity index (χ0v) is 11.9. The smallest absolute Gasteiger partial charge is 0.215 e. The Balaban J connectivity index is 2.17. The van der Waals surface area contributed by atoms with Gasteiger partial charge in [-0.05, 0) is 43.9 Å². The zero-order chi connectivity index (χ0) is 13.1. The fourth-order valence-electron chi connectivity index (χ4n) is 2.87. The number of nitrogens with zero attached hydrogens (tertiary/aromatic N) is 2. The minimum Gasteiger partial charge on any atom is -0.481 e. The summed E-state index contributed by atoms with van der Waals surface area (Å²) in [7, 11) is 1.68. The fraction of sp³-hybridized carbons (Fsp3) is 0.667. The van der Waals surface area contributed by atoms with Crippen molar-refractivity contribution in [2.75, 3.05) is 20.2 Å². The molecular formula is C15H24N2O. The van der Waals surface area contributed by atoms with E-state index in [0.29, 0.717) is 6.04 Å². The highest BCUT2D eigenvalue weighted by Crippen LogP contribution is 2.33. The summed E-state index contributed by atoms with van der Waals surface area (Å²) >= 11 is 0. The lowest BCUT2D eigenvalue weighted by molar-refractivity contribution is 0.228. The van der Waals surface area contributed by atoms with Gasteiger partial charge in [-0.2, -0.15) is 0 Å². The van der Waals surface area contributed by atoms with E-state index in [1.165, 1.54) is 31.5 Å². The molecule has 1 aromatic heterocycles. The first-order valence-electron chi connectivity index (χ1n) is 6.86. The van der Waals surface area contributed by atoms with E-state index in [2.05, 4.69) is 36.7 Å². The molecule has 1 aromatic rings. The van der Waals surface area contributed by atoms with Gasteiger partial charge in [-0.3, -0.25) is 4.90 Å². The van der Waals surface area contributed by atoms with E-state index in [0.717, 1.165) is 17.4 Å². The van der Waals surface area contributed by atoms with Crippen LogP contribution in [0.1, 0.15) is 43.9 Å². The lowest BCUT2D eigenvalue weighted by atomic mass is 10.0. The van der Waals surface area contributed by atoms with Gasteiger partial charge in [-0.1, -0.05) is 13.8 Å². The molecule has 0 N–H and O–H groups in total. The van der Waals surface area contributed by atoms with Crippen molar-refractivity contribution < 1.29 is 4.74 Å². The third-order valence-electron chi connectivity index (χ3n) is 3.59. The van der Waals surface area contributed by atoms with Crippen LogP contribution < -0.4 is 4.74 Å². The average Bonchev–Trinajstić information content (AvgIpc) is 2.76. The van der Waals surface area contributed by atoms with Crippen molar-refractivity contribution in [2.45, 2.75) is 39.7 Å². The van der Waals surface area contributed by atoms with Gasteiger partial charge in [-0.25, -0.2) is 4.98 Å². The highest BCUT2D eigenvalue weighted by Gasteiger charge is 2.26. The molecule has 0 aliphatic carbocycles. The Bertz CT molecular complexity index is 403. The molecule has 1 unspecified atom stereocenters. The van der Waals surface area contributed by atoms with Crippen LogP contribution in [0.25, 0.3) is 0 Å². The van der Waals surface area contributed by atoms with E-state index in [9.17, 15) is 0 Å². The average molecular weight is 248 g/mol. The summed E-state index contributed by atoms with van der Waals surface area (Å²) in [5.74, 6) is 1.46. The van der Waals surface area contributed by atoms with Crippen molar-refractivity contribution in [2.24, 2.45) is 5.92 Å². The van der Waals surface area contributed by atoms with Crippen LogP contribution in [0.3, 0.4) is 0 Å². The molecule has 2 rings (SSSR count). The molecule has 3 heteroatoms. The van der Waals surface area contributed by atoms with E-state index in [1.54, 1.807) is 7.11 Å². The molecule has 0 amide bonds. The highest BCUT2D eigenvalue weighted by molar-refractivity contribution is 5.30. The largest absolute Gasteiger partial charge is 0.481 e. The van der Waals surface area contributed by atoms with E-state index in [1.807, 2.05) is 6.20 Å². The maximum Gasteiger partial charge on any atom is 0.215 e. The molecule has 100 valence electrons. The Hall–Kier alpha value is -1.09. The molecule has 0 spiro atoms. The van der Waals surface area contributed by atoms with Crippen molar-refractivity contribution in [3.63, 3.8) is 0 Å². The molecule has 1 atom stereocenters. The van der Waals surface area contributed by atoms with Crippen LogP contribution in [0.4, 0.5) is 0 Å². The first kappa shape index (κ1) is 13.3. The summed E-state index contributed by atoms with van der Waals surface area (Å²) in [5.41, 5.74) is 2.47. The standard InChI is InChI=1S/C15H24N2O/c1-11(2)10-17-7-5-6-14(17)13-8-12(3)15(18-4)16-9-13/h8-9,11,14H,5-7,10H2,1-4H3. The third kappa shape index (κ3) is 2.83. The number of hydrogen-bond acceptors (Lipinski definition) is 3. The summed E-state index contributed by atoms with van der Waals surface area (Å²) in [6, 6.07) is 2.78. The lowest BCUT2D eigenvalue weighted by Crippen LogP contribution is -2.27. The van der Waals surface area contributed by atoms with Gasteiger partial charge in [-0.15, -0.1) is 0 Å². The van der Waals surface area contributed by atoms with Crippen LogP contribution in [-0.4, -0.2) is 30.1 Å². The van der Waals surface area contributed by atoms with E-state index < -0.39 is 0 Å². The monoisotopic (exact) mass is 248 g/mol. The number of methoxy groups -OCH3 is 1. The molecule has 1 aliphatic heterocycles. The quantitative estimate of drug-likeness (QED) is 0.818. The number of hydrogen-bond donors (Lipinski definition) is 0. The van der Waals surface area contributed by atoms with Crippen LogP contribution in [-0.2, 0) is 0 Å². The second-order valence-corrected chi connectivity index (χ2v) is 5.64. The molecule has 0 radical (unpaired) electrons. The molecule has 3 nitrogen and oxygen atoms in total. The topological polar surface area (TPSA) is 25.4 Å². The number of pyridine rings is 1. The summed E-state index contributed by atoms with van der Waals surface area (Å²) in [6.45, 7) is 9.03. The predicted molar refractivity (Wildman–Crippen MR) is 73.9 cm³/mol.